The predicted octanol–water partition coefficient (Wildman–Crippen LogP) is 2.48. The molecule has 18 heavy (non-hydrogen) atoms. The summed E-state index contributed by atoms with van der Waals surface area (Å²) in [5.41, 5.74) is 1.64. The molecule has 1 aliphatic rings. The molecule has 2 rings (SSSR count). The third kappa shape index (κ3) is 2.37. The molecule has 0 atom stereocenters. The molecule has 0 saturated heterocycles. The molecule has 1 aromatic heterocycles. The van der Waals surface area contributed by atoms with E-state index in [4.69, 9.17) is 0 Å². The average Bonchev–Trinajstić information content (AvgIpc) is 2.28. The summed E-state index contributed by atoms with van der Waals surface area (Å²) in [5.74, 6) is 0.914. The predicted molar refractivity (Wildman–Crippen MR) is 72.0 cm³/mol. The number of carbonyl (C=O) groups excluding carboxylic acids is 1. The van der Waals surface area contributed by atoms with E-state index >= 15 is 0 Å². The Bertz CT molecular complexity index is 464. The highest BCUT2D eigenvalue weighted by atomic mass is 16.1. The molecule has 0 fully saturated rings. The van der Waals surface area contributed by atoms with E-state index in [1.165, 1.54) is 0 Å². The first-order valence-electron chi connectivity index (χ1n) is 6.61. The van der Waals surface area contributed by atoms with Crippen LogP contribution in [0, 0.1) is 5.41 Å². The lowest BCUT2D eigenvalue weighted by Crippen LogP contribution is -2.30. The van der Waals surface area contributed by atoms with Gasteiger partial charge in [0.2, 0.25) is 5.95 Å². The summed E-state index contributed by atoms with van der Waals surface area (Å²) in [6.07, 6.45) is 3.15. The molecule has 0 N–H and O–H groups in total. The fraction of sp³-hybridized carbons (Fsp3) is 0.643. The van der Waals surface area contributed by atoms with Gasteiger partial charge in [-0.3, -0.25) is 4.79 Å². The Hall–Kier alpha value is -1.45. The lowest BCUT2D eigenvalue weighted by atomic mass is 9.76. The number of fused-ring (bicyclic) bond motifs is 1. The number of nitrogens with zero attached hydrogens (tertiary/aromatic N) is 3. The summed E-state index contributed by atoms with van der Waals surface area (Å²) in [6.45, 7) is 10.2. The third-order valence-corrected chi connectivity index (χ3v) is 3.49. The zero-order valence-electron chi connectivity index (χ0n) is 11.7. The van der Waals surface area contributed by atoms with E-state index in [-0.39, 0.29) is 11.2 Å². The molecule has 0 aliphatic heterocycles. The molecule has 1 aromatic rings. The number of hydrogen-bond donors (Lipinski definition) is 0. The maximum atomic E-state index is 12.0. The summed E-state index contributed by atoms with van der Waals surface area (Å²) in [4.78, 5) is 23.1. The second kappa shape index (κ2) is 4.67. The van der Waals surface area contributed by atoms with Crippen LogP contribution in [0.4, 0.5) is 5.95 Å². The van der Waals surface area contributed by atoms with Crippen LogP contribution in [0.1, 0.15) is 50.2 Å². The zero-order valence-corrected chi connectivity index (χ0v) is 11.7. The molecule has 0 radical (unpaired) electrons. The van der Waals surface area contributed by atoms with Gasteiger partial charge in [-0.2, -0.15) is 0 Å². The van der Waals surface area contributed by atoms with Crippen molar-refractivity contribution in [2.75, 3.05) is 18.0 Å². The first kappa shape index (κ1) is 13.0. The molecule has 0 saturated carbocycles. The molecule has 4 nitrogen and oxygen atoms in total. The highest BCUT2D eigenvalue weighted by Crippen LogP contribution is 2.33. The Morgan fingerprint density at radius 3 is 2.56 bits per heavy atom. The minimum atomic E-state index is 0.0129. The van der Waals surface area contributed by atoms with Gasteiger partial charge in [0.25, 0.3) is 0 Å². The summed E-state index contributed by atoms with van der Waals surface area (Å²) in [6, 6.07) is 0. The van der Waals surface area contributed by atoms with Gasteiger partial charge in [0.05, 0.1) is 11.3 Å². The first-order chi connectivity index (χ1) is 8.46. The number of hydrogen-bond acceptors (Lipinski definition) is 4. The maximum absolute atomic E-state index is 12.0. The van der Waals surface area contributed by atoms with Gasteiger partial charge in [-0.25, -0.2) is 9.97 Å². The first-order valence-corrected chi connectivity index (χ1v) is 6.61. The average molecular weight is 247 g/mol. The summed E-state index contributed by atoms with van der Waals surface area (Å²) in [5, 5.41) is 0. The number of aromatic nitrogens is 2. The van der Waals surface area contributed by atoms with Gasteiger partial charge in [-0.15, -0.1) is 0 Å². The second-order valence-corrected chi connectivity index (χ2v) is 5.64. The fourth-order valence-electron chi connectivity index (χ4n) is 2.48. The Morgan fingerprint density at radius 1 is 1.28 bits per heavy atom. The molecule has 0 spiro atoms. The van der Waals surface area contributed by atoms with Crippen LogP contribution < -0.4 is 4.90 Å². The maximum Gasteiger partial charge on any atom is 0.225 e. The molecule has 4 heteroatoms. The Labute approximate surface area is 108 Å². The zero-order chi connectivity index (χ0) is 13.3. The highest BCUT2D eigenvalue weighted by Gasteiger charge is 2.32. The van der Waals surface area contributed by atoms with Crippen molar-refractivity contribution in [3.63, 3.8) is 0 Å². The van der Waals surface area contributed by atoms with Crippen LogP contribution in [0.3, 0.4) is 0 Å². The molecule has 1 aliphatic carbocycles. The highest BCUT2D eigenvalue weighted by molar-refractivity contribution is 5.98. The number of rotatable bonds is 3. The van der Waals surface area contributed by atoms with Crippen LogP contribution in [0.2, 0.25) is 0 Å². The molecule has 98 valence electrons. The lowest BCUT2D eigenvalue weighted by Gasteiger charge is -2.30. The Morgan fingerprint density at radius 2 is 1.94 bits per heavy atom. The van der Waals surface area contributed by atoms with Crippen LogP contribution in [0.25, 0.3) is 0 Å². The SMILES string of the molecule is CCN(CC)c1ncc2c(n1)CC(C)(C)CC2=O. The van der Waals surface area contributed by atoms with E-state index in [1.54, 1.807) is 6.20 Å². The van der Waals surface area contributed by atoms with Gasteiger partial charge in [0.15, 0.2) is 5.78 Å². The normalized spacial score (nSPS) is 17.4. The van der Waals surface area contributed by atoms with Crippen LogP contribution in [0.15, 0.2) is 6.20 Å². The lowest BCUT2D eigenvalue weighted by molar-refractivity contribution is 0.0909. The summed E-state index contributed by atoms with van der Waals surface area (Å²) >= 11 is 0. The van der Waals surface area contributed by atoms with Crippen LogP contribution in [-0.2, 0) is 6.42 Å². The molecule has 0 unspecified atom stereocenters. The standard InChI is InChI=1S/C14H21N3O/c1-5-17(6-2)13-15-9-10-11(16-13)7-14(3,4)8-12(10)18/h9H,5-8H2,1-4H3. The van der Waals surface area contributed by atoms with Crippen LogP contribution in [0.5, 0.6) is 0 Å². The van der Waals surface area contributed by atoms with E-state index < -0.39 is 0 Å². The molecular formula is C14H21N3O. The molecular weight excluding hydrogens is 226 g/mol. The van der Waals surface area contributed by atoms with Gasteiger partial charge in [0.1, 0.15) is 0 Å². The van der Waals surface area contributed by atoms with Gasteiger partial charge in [-0.05, 0) is 25.7 Å². The Balaban J connectivity index is 2.40. The van der Waals surface area contributed by atoms with E-state index in [0.29, 0.717) is 12.0 Å². The molecule has 0 aromatic carbocycles. The van der Waals surface area contributed by atoms with Crippen molar-refractivity contribution in [1.82, 2.24) is 9.97 Å². The quantitative estimate of drug-likeness (QED) is 0.823. The van der Waals surface area contributed by atoms with Gasteiger partial charge < -0.3 is 4.90 Å². The van der Waals surface area contributed by atoms with E-state index in [2.05, 4.69) is 42.6 Å². The van der Waals surface area contributed by atoms with E-state index in [0.717, 1.165) is 31.2 Å². The van der Waals surface area contributed by atoms with Gasteiger partial charge in [0, 0.05) is 25.7 Å². The fourth-order valence-corrected chi connectivity index (χ4v) is 2.48. The van der Waals surface area contributed by atoms with Crippen molar-refractivity contribution in [3.8, 4) is 0 Å². The second-order valence-electron chi connectivity index (χ2n) is 5.64. The monoisotopic (exact) mass is 247 g/mol. The number of carbonyl (C=O) groups is 1. The van der Waals surface area contributed by atoms with Crippen molar-refractivity contribution in [1.29, 1.82) is 0 Å². The van der Waals surface area contributed by atoms with Crippen LogP contribution >= 0.6 is 0 Å². The molecule has 0 amide bonds. The largest absolute Gasteiger partial charge is 0.341 e. The number of Topliss-reactive ketones (excluding diaryl/α,β-unsaturated/α-hetero) is 1. The van der Waals surface area contributed by atoms with Gasteiger partial charge >= 0.3 is 0 Å². The minimum absolute atomic E-state index is 0.0129. The van der Waals surface area contributed by atoms with Crippen molar-refractivity contribution in [2.45, 2.75) is 40.5 Å². The van der Waals surface area contributed by atoms with E-state index in [1.807, 2.05) is 0 Å². The van der Waals surface area contributed by atoms with Crippen molar-refractivity contribution >= 4 is 11.7 Å². The van der Waals surface area contributed by atoms with Gasteiger partial charge in [-0.1, -0.05) is 13.8 Å². The van der Waals surface area contributed by atoms with Crippen LogP contribution in [-0.4, -0.2) is 28.8 Å². The van der Waals surface area contributed by atoms with Crippen molar-refractivity contribution in [3.05, 3.63) is 17.5 Å². The van der Waals surface area contributed by atoms with Crippen molar-refractivity contribution in [2.24, 2.45) is 5.41 Å². The summed E-state index contributed by atoms with van der Waals surface area (Å²) in [7, 11) is 0. The molecule has 0 bridgehead atoms. The molecule has 1 heterocycles. The smallest absolute Gasteiger partial charge is 0.225 e. The number of ketones is 1. The van der Waals surface area contributed by atoms with Crippen molar-refractivity contribution < 1.29 is 4.79 Å². The Kier molecular flexibility index (Phi) is 3.37. The summed E-state index contributed by atoms with van der Waals surface area (Å²) < 4.78 is 0. The third-order valence-electron chi connectivity index (χ3n) is 3.49. The number of anilines is 1. The minimum Gasteiger partial charge on any atom is -0.341 e. The van der Waals surface area contributed by atoms with E-state index in [9.17, 15) is 4.79 Å². The topological polar surface area (TPSA) is 46.1 Å².